The topological polar surface area (TPSA) is 50.2 Å². The molecule has 0 atom stereocenters. The van der Waals surface area contributed by atoms with Gasteiger partial charge in [0.25, 0.3) is 5.56 Å². The van der Waals surface area contributed by atoms with Gasteiger partial charge in [-0.1, -0.05) is 13.8 Å². The molecule has 5 heteroatoms. The van der Waals surface area contributed by atoms with E-state index in [4.69, 9.17) is 0 Å². The largest absolute Gasteiger partial charge is 0.354 e. The van der Waals surface area contributed by atoms with Crippen molar-refractivity contribution in [2.45, 2.75) is 20.4 Å². The van der Waals surface area contributed by atoms with Crippen LogP contribution in [0.3, 0.4) is 0 Å². The summed E-state index contributed by atoms with van der Waals surface area (Å²) in [6.45, 7) is 6.52. The molecule has 0 bridgehead atoms. The molecule has 0 aliphatic carbocycles. The molecule has 0 saturated carbocycles. The number of aromatic nitrogens is 2. The molecule has 0 fully saturated rings. The number of rotatable bonds is 6. The standard InChI is InChI=1S/C12H22N4O/c1-10(2)9-16-8-6-14-11(12(16)17)15(4)7-5-13-3/h6,8,10,13H,5,7,9H2,1-4H3. The van der Waals surface area contributed by atoms with Crippen LogP contribution in [0.4, 0.5) is 5.82 Å². The minimum atomic E-state index is -0.0141. The summed E-state index contributed by atoms with van der Waals surface area (Å²) < 4.78 is 1.73. The molecule has 5 nitrogen and oxygen atoms in total. The SMILES string of the molecule is CNCCN(C)c1nccn(CC(C)C)c1=O. The molecule has 1 N–H and O–H groups in total. The lowest BCUT2D eigenvalue weighted by atomic mass is 10.2. The van der Waals surface area contributed by atoms with Gasteiger partial charge in [-0.2, -0.15) is 0 Å². The molecule has 1 aromatic heterocycles. The maximum atomic E-state index is 12.1. The van der Waals surface area contributed by atoms with Gasteiger partial charge in [-0.05, 0) is 13.0 Å². The van der Waals surface area contributed by atoms with Crippen LogP contribution in [0.25, 0.3) is 0 Å². The Balaban J connectivity index is 2.89. The first-order chi connectivity index (χ1) is 8.06. The molecule has 1 rings (SSSR count). The lowest BCUT2D eigenvalue weighted by Gasteiger charge is -2.18. The molecule has 0 aromatic carbocycles. The molecular weight excluding hydrogens is 216 g/mol. The van der Waals surface area contributed by atoms with Gasteiger partial charge in [-0.15, -0.1) is 0 Å². The van der Waals surface area contributed by atoms with Crippen molar-refractivity contribution in [3.63, 3.8) is 0 Å². The fourth-order valence-electron chi connectivity index (χ4n) is 1.62. The van der Waals surface area contributed by atoms with Crippen molar-refractivity contribution in [3.8, 4) is 0 Å². The van der Waals surface area contributed by atoms with E-state index >= 15 is 0 Å². The minimum absolute atomic E-state index is 0.0141. The van der Waals surface area contributed by atoms with E-state index in [0.29, 0.717) is 11.7 Å². The first-order valence-electron chi connectivity index (χ1n) is 5.97. The van der Waals surface area contributed by atoms with Gasteiger partial charge in [0.05, 0.1) is 0 Å². The summed E-state index contributed by atoms with van der Waals surface area (Å²) >= 11 is 0. The van der Waals surface area contributed by atoms with Gasteiger partial charge in [0, 0.05) is 39.1 Å². The predicted octanol–water partition coefficient (Wildman–Crippen LogP) is 0.555. The highest BCUT2D eigenvalue weighted by atomic mass is 16.1. The first kappa shape index (κ1) is 13.7. The second-order valence-electron chi connectivity index (χ2n) is 4.63. The third kappa shape index (κ3) is 3.85. The molecule has 0 spiro atoms. The highest BCUT2D eigenvalue weighted by Crippen LogP contribution is 2.02. The van der Waals surface area contributed by atoms with E-state index in [9.17, 15) is 4.79 Å². The van der Waals surface area contributed by atoms with Crippen LogP contribution in [-0.2, 0) is 6.54 Å². The van der Waals surface area contributed by atoms with Crippen LogP contribution in [-0.4, -0.2) is 36.7 Å². The molecule has 96 valence electrons. The number of nitrogens with zero attached hydrogens (tertiary/aromatic N) is 3. The van der Waals surface area contributed by atoms with Crippen LogP contribution < -0.4 is 15.8 Å². The van der Waals surface area contributed by atoms with E-state index < -0.39 is 0 Å². The first-order valence-corrected chi connectivity index (χ1v) is 5.97. The van der Waals surface area contributed by atoms with Crippen LogP contribution >= 0.6 is 0 Å². The third-order valence-corrected chi connectivity index (χ3v) is 2.52. The van der Waals surface area contributed by atoms with Crippen LogP contribution in [0.15, 0.2) is 17.2 Å². The quantitative estimate of drug-likeness (QED) is 0.786. The summed E-state index contributed by atoms with van der Waals surface area (Å²) in [7, 11) is 3.78. The average Bonchev–Trinajstić information content (AvgIpc) is 2.28. The van der Waals surface area contributed by atoms with Gasteiger partial charge in [-0.25, -0.2) is 4.98 Å². The van der Waals surface area contributed by atoms with Gasteiger partial charge >= 0.3 is 0 Å². The van der Waals surface area contributed by atoms with Gasteiger partial charge in [0.15, 0.2) is 5.82 Å². The Hall–Kier alpha value is -1.36. The Morgan fingerprint density at radius 2 is 2.24 bits per heavy atom. The van der Waals surface area contributed by atoms with E-state index in [1.165, 1.54) is 0 Å². The molecule has 1 aromatic rings. The van der Waals surface area contributed by atoms with Crippen molar-refractivity contribution in [1.29, 1.82) is 0 Å². The molecule has 0 aliphatic rings. The third-order valence-electron chi connectivity index (χ3n) is 2.52. The van der Waals surface area contributed by atoms with Crippen LogP contribution in [0, 0.1) is 5.92 Å². The Labute approximate surface area is 102 Å². The molecule has 0 aliphatic heterocycles. The fraction of sp³-hybridized carbons (Fsp3) is 0.667. The zero-order chi connectivity index (χ0) is 12.8. The number of hydrogen-bond donors (Lipinski definition) is 1. The lowest BCUT2D eigenvalue weighted by molar-refractivity contribution is 0.508. The summed E-state index contributed by atoms with van der Waals surface area (Å²) in [5.41, 5.74) is -0.0141. The van der Waals surface area contributed by atoms with E-state index in [1.807, 2.05) is 19.0 Å². The molecule has 0 radical (unpaired) electrons. The Kier molecular flexibility index (Phi) is 5.15. The molecule has 0 unspecified atom stereocenters. The molecule has 0 amide bonds. The summed E-state index contributed by atoms with van der Waals surface area (Å²) in [5.74, 6) is 0.967. The molecule has 0 saturated heterocycles. The van der Waals surface area contributed by atoms with Crippen molar-refractivity contribution in [1.82, 2.24) is 14.9 Å². The predicted molar refractivity (Wildman–Crippen MR) is 70.5 cm³/mol. The number of hydrogen-bond acceptors (Lipinski definition) is 4. The molecular formula is C12H22N4O. The minimum Gasteiger partial charge on any atom is -0.354 e. The van der Waals surface area contributed by atoms with E-state index in [2.05, 4.69) is 24.1 Å². The van der Waals surface area contributed by atoms with Crippen LogP contribution in [0.1, 0.15) is 13.8 Å². The maximum absolute atomic E-state index is 12.1. The zero-order valence-corrected chi connectivity index (χ0v) is 11.1. The fourth-order valence-corrected chi connectivity index (χ4v) is 1.62. The molecule has 17 heavy (non-hydrogen) atoms. The van der Waals surface area contributed by atoms with Crippen molar-refractivity contribution in [2.24, 2.45) is 5.92 Å². The monoisotopic (exact) mass is 238 g/mol. The van der Waals surface area contributed by atoms with Gasteiger partial charge < -0.3 is 14.8 Å². The Bertz CT molecular complexity index is 400. The van der Waals surface area contributed by atoms with Gasteiger partial charge in [-0.3, -0.25) is 4.79 Å². The van der Waals surface area contributed by atoms with Crippen molar-refractivity contribution < 1.29 is 0 Å². The number of nitrogens with one attached hydrogen (secondary N) is 1. The molecule has 1 heterocycles. The number of anilines is 1. The van der Waals surface area contributed by atoms with E-state index in [-0.39, 0.29) is 5.56 Å². The van der Waals surface area contributed by atoms with Crippen molar-refractivity contribution >= 4 is 5.82 Å². The second kappa shape index (κ2) is 6.39. The van der Waals surface area contributed by atoms with Gasteiger partial charge in [0.1, 0.15) is 0 Å². The maximum Gasteiger partial charge on any atom is 0.293 e. The zero-order valence-electron chi connectivity index (χ0n) is 11.1. The lowest BCUT2D eigenvalue weighted by Crippen LogP contribution is -2.34. The highest BCUT2D eigenvalue weighted by Gasteiger charge is 2.09. The summed E-state index contributed by atoms with van der Waals surface area (Å²) in [6.07, 6.45) is 3.44. The van der Waals surface area contributed by atoms with E-state index in [1.54, 1.807) is 17.0 Å². The summed E-state index contributed by atoms with van der Waals surface area (Å²) in [6, 6.07) is 0. The van der Waals surface area contributed by atoms with Crippen molar-refractivity contribution in [2.75, 3.05) is 32.1 Å². The summed E-state index contributed by atoms with van der Waals surface area (Å²) in [4.78, 5) is 18.2. The van der Waals surface area contributed by atoms with Crippen LogP contribution in [0.2, 0.25) is 0 Å². The van der Waals surface area contributed by atoms with Crippen molar-refractivity contribution in [3.05, 3.63) is 22.7 Å². The average molecular weight is 238 g/mol. The van der Waals surface area contributed by atoms with Crippen LogP contribution in [0.5, 0.6) is 0 Å². The number of likely N-dealkylation sites (N-methyl/N-ethyl adjacent to an activating group) is 2. The highest BCUT2D eigenvalue weighted by molar-refractivity contribution is 5.34. The van der Waals surface area contributed by atoms with E-state index in [0.717, 1.165) is 19.6 Å². The summed E-state index contributed by atoms with van der Waals surface area (Å²) in [5, 5.41) is 3.06. The normalized spacial score (nSPS) is 10.9. The van der Waals surface area contributed by atoms with Gasteiger partial charge in [0.2, 0.25) is 0 Å². The Morgan fingerprint density at radius 3 is 2.82 bits per heavy atom. The Morgan fingerprint density at radius 1 is 1.53 bits per heavy atom. The second-order valence-corrected chi connectivity index (χ2v) is 4.63. The smallest absolute Gasteiger partial charge is 0.293 e.